The highest BCUT2D eigenvalue weighted by Crippen LogP contribution is 2.21. The number of nitrogens with zero attached hydrogens (tertiary/aromatic N) is 3. The number of rotatable bonds is 4. The average molecular weight is 243 g/mol. The first-order chi connectivity index (χ1) is 8.69. The molecule has 2 aromatic rings. The summed E-state index contributed by atoms with van der Waals surface area (Å²) in [5.41, 5.74) is 0.706. The van der Waals surface area contributed by atoms with Crippen molar-refractivity contribution < 1.29 is 9.63 Å². The summed E-state index contributed by atoms with van der Waals surface area (Å²) in [6.45, 7) is 1.96. The van der Waals surface area contributed by atoms with E-state index in [-0.39, 0.29) is 11.7 Å². The van der Waals surface area contributed by atoms with Crippen LogP contribution in [0.25, 0.3) is 11.4 Å². The maximum absolute atomic E-state index is 9.37. The highest BCUT2D eigenvalue weighted by molar-refractivity contribution is 5.56. The lowest BCUT2D eigenvalue weighted by Gasteiger charge is -2.00. The number of aromatic nitrogens is 2. The van der Waals surface area contributed by atoms with Gasteiger partial charge in [0.2, 0.25) is 11.7 Å². The molecule has 1 aromatic carbocycles. The zero-order chi connectivity index (χ0) is 13.0. The van der Waals surface area contributed by atoms with E-state index in [0.717, 1.165) is 0 Å². The Labute approximate surface area is 105 Å². The van der Waals surface area contributed by atoms with Crippen molar-refractivity contribution in [2.24, 2.45) is 5.92 Å². The molecule has 0 spiro atoms. The van der Waals surface area contributed by atoms with Crippen LogP contribution in [0.5, 0.6) is 5.75 Å². The maximum atomic E-state index is 9.37. The van der Waals surface area contributed by atoms with E-state index in [9.17, 15) is 5.11 Å². The van der Waals surface area contributed by atoms with Gasteiger partial charge in [-0.15, -0.1) is 0 Å². The van der Waals surface area contributed by atoms with Crippen molar-refractivity contribution in [3.05, 3.63) is 30.2 Å². The SMILES string of the molecule is CC(CC#N)Cc1nc(-c2cccc(O)c2)no1. The van der Waals surface area contributed by atoms with Gasteiger partial charge in [-0.25, -0.2) is 0 Å². The second kappa shape index (κ2) is 5.32. The summed E-state index contributed by atoms with van der Waals surface area (Å²) in [6.07, 6.45) is 1.04. The molecule has 0 radical (unpaired) electrons. The van der Waals surface area contributed by atoms with Crippen molar-refractivity contribution in [1.29, 1.82) is 5.26 Å². The van der Waals surface area contributed by atoms with Crippen LogP contribution in [0.3, 0.4) is 0 Å². The molecule has 18 heavy (non-hydrogen) atoms. The molecule has 2 rings (SSSR count). The summed E-state index contributed by atoms with van der Waals surface area (Å²) >= 11 is 0. The lowest BCUT2D eigenvalue weighted by molar-refractivity contribution is 0.359. The van der Waals surface area contributed by atoms with Gasteiger partial charge in [-0.1, -0.05) is 24.2 Å². The summed E-state index contributed by atoms with van der Waals surface area (Å²) in [5, 5.41) is 21.8. The summed E-state index contributed by atoms with van der Waals surface area (Å²) in [4.78, 5) is 4.25. The molecule has 0 aliphatic carbocycles. The molecule has 92 valence electrons. The van der Waals surface area contributed by atoms with Crippen LogP contribution in [0.4, 0.5) is 0 Å². The second-order valence-electron chi connectivity index (χ2n) is 4.23. The largest absolute Gasteiger partial charge is 0.508 e. The van der Waals surface area contributed by atoms with Gasteiger partial charge in [-0.05, 0) is 18.1 Å². The molecule has 0 fully saturated rings. The minimum atomic E-state index is 0.164. The Morgan fingerprint density at radius 1 is 1.50 bits per heavy atom. The molecule has 1 atom stereocenters. The Bertz CT molecular complexity index is 572. The lowest BCUT2D eigenvalue weighted by atomic mass is 10.1. The molecule has 0 saturated heterocycles. The van der Waals surface area contributed by atoms with E-state index >= 15 is 0 Å². The van der Waals surface area contributed by atoms with Crippen LogP contribution in [0.15, 0.2) is 28.8 Å². The predicted octanol–water partition coefficient (Wildman–Crippen LogP) is 2.53. The first-order valence-electron chi connectivity index (χ1n) is 5.68. The molecule has 5 nitrogen and oxygen atoms in total. The Balaban J connectivity index is 2.13. The molecular weight excluding hydrogens is 230 g/mol. The molecule has 0 aliphatic rings. The quantitative estimate of drug-likeness (QED) is 0.892. The Morgan fingerprint density at radius 2 is 2.33 bits per heavy atom. The van der Waals surface area contributed by atoms with Crippen molar-refractivity contribution in [3.63, 3.8) is 0 Å². The fraction of sp³-hybridized carbons (Fsp3) is 0.308. The summed E-state index contributed by atoms with van der Waals surface area (Å²) in [6, 6.07) is 8.79. The maximum Gasteiger partial charge on any atom is 0.227 e. The van der Waals surface area contributed by atoms with E-state index in [1.54, 1.807) is 24.3 Å². The van der Waals surface area contributed by atoms with Crippen molar-refractivity contribution >= 4 is 0 Å². The lowest BCUT2D eigenvalue weighted by Crippen LogP contribution is -1.98. The normalized spacial score (nSPS) is 12.0. The number of nitriles is 1. The summed E-state index contributed by atoms with van der Waals surface area (Å²) in [7, 11) is 0. The van der Waals surface area contributed by atoms with Crippen molar-refractivity contribution in [2.45, 2.75) is 19.8 Å². The van der Waals surface area contributed by atoms with Crippen LogP contribution in [-0.4, -0.2) is 15.2 Å². The van der Waals surface area contributed by atoms with E-state index in [1.807, 2.05) is 6.92 Å². The third kappa shape index (κ3) is 2.86. The molecule has 0 aliphatic heterocycles. The smallest absolute Gasteiger partial charge is 0.227 e. The fourth-order valence-electron chi connectivity index (χ4n) is 1.63. The second-order valence-corrected chi connectivity index (χ2v) is 4.23. The van der Waals surface area contributed by atoms with Gasteiger partial charge in [-0.2, -0.15) is 10.2 Å². The van der Waals surface area contributed by atoms with Gasteiger partial charge in [0.25, 0.3) is 0 Å². The van der Waals surface area contributed by atoms with Gasteiger partial charge < -0.3 is 9.63 Å². The molecule has 0 saturated carbocycles. The van der Waals surface area contributed by atoms with E-state index in [0.29, 0.717) is 30.1 Å². The van der Waals surface area contributed by atoms with Gasteiger partial charge in [0.05, 0.1) is 6.07 Å². The minimum Gasteiger partial charge on any atom is -0.508 e. The van der Waals surface area contributed by atoms with E-state index in [1.165, 1.54) is 0 Å². The molecule has 0 bridgehead atoms. The first kappa shape index (κ1) is 12.1. The van der Waals surface area contributed by atoms with Gasteiger partial charge in [0.1, 0.15) is 5.75 Å². The number of hydrogen-bond acceptors (Lipinski definition) is 5. The molecule has 1 N–H and O–H groups in total. The zero-order valence-corrected chi connectivity index (χ0v) is 10.00. The summed E-state index contributed by atoms with van der Waals surface area (Å²) < 4.78 is 5.12. The average Bonchev–Trinajstić information content (AvgIpc) is 2.78. The third-order valence-corrected chi connectivity index (χ3v) is 2.54. The summed E-state index contributed by atoms with van der Waals surface area (Å²) in [5.74, 6) is 1.31. The standard InChI is InChI=1S/C13H13N3O2/c1-9(5-6-14)7-12-15-13(16-18-12)10-3-2-4-11(17)8-10/h2-4,8-9,17H,5,7H2,1H3. The predicted molar refractivity (Wildman–Crippen MR) is 64.5 cm³/mol. The fourth-order valence-corrected chi connectivity index (χ4v) is 1.63. The van der Waals surface area contributed by atoms with Crippen LogP contribution in [0, 0.1) is 17.2 Å². The number of hydrogen-bond donors (Lipinski definition) is 1. The Kier molecular flexibility index (Phi) is 3.58. The molecular formula is C13H13N3O2. The van der Waals surface area contributed by atoms with Crippen LogP contribution in [-0.2, 0) is 6.42 Å². The Hall–Kier alpha value is -2.35. The molecule has 0 amide bonds. The molecule has 1 heterocycles. The van der Waals surface area contributed by atoms with Crippen LogP contribution < -0.4 is 0 Å². The van der Waals surface area contributed by atoms with E-state index in [4.69, 9.17) is 9.78 Å². The molecule has 1 aromatic heterocycles. The van der Waals surface area contributed by atoms with Crippen LogP contribution in [0.1, 0.15) is 19.2 Å². The van der Waals surface area contributed by atoms with Crippen molar-refractivity contribution in [1.82, 2.24) is 10.1 Å². The van der Waals surface area contributed by atoms with Gasteiger partial charge in [0.15, 0.2) is 0 Å². The molecule has 5 heteroatoms. The first-order valence-corrected chi connectivity index (χ1v) is 5.68. The van der Waals surface area contributed by atoms with Crippen LogP contribution in [0.2, 0.25) is 0 Å². The van der Waals surface area contributed by atoms with Crippen LogP contribution >= 0.6 is 0 Å². The van der Waals surface area contributed by atoms with E-state index < -0.39 is 0 Å². The highest BCUT2D eigenvalue weighted by atomic mass is 16.5. The minimum absolute atomic E-state index is 0.164. The molecule has 1 unspecified atom stereocenters. The van der Waals surface area contributed by atoms with Crippen molar-refractivity contribution in [2.75, 3.05) is 0 Å². The van der Waals surface area contributed by atoms with Crippen molar-refractivity contribution in [3.8, 4) is 23.2 Å². The highest BCUT2D eigenvalue weighted by Gasteiger charge is 2.12. The van der Waals surface area contributed by atoms with Gasteiger partial charge >= 0.3 is 0 Å². The van der Waals surface area contributed by atoms with Gasteiger partial charge in [0, 0.05) is 18.4 Å². The number of benzene rings is 1. The topological polar surface area (TPSA) is 82.9 Å². The number of phenolic OH excluding ortho intramolecular Hbond substituents is 1. The van der Waals surface area contributed by atoms with E-state index in [2.05, 4.69) is 16.2 Å². The number of phenols is 1. The van der Waals surface area contributed by atoms with Gasteiger partial charge in [-0.3, -0.25) is 0 Å². The Morgan fingerprint density at radius 3 is 3.06 bits per heavy atom. The zero-order valence-electron chi connectivity index (χ0n) is 10.00. The third-order valence-electron chi connectivity index (χ3n) is 2.54. The monoisotopic (exact) mass is 243 g/mol. The number of aromatic hydroxyl groups is 1.